The molecule has 0 fully saturated rings. The van der Waals surface area contributed by atoms with Crippen molar-refractivity contribution in [2.24, 2.45) is 0 Å². The molecule has 0 radical (unpaired) electrons. The molecule has 0 aliphatic heterocycles. The Morgan fingerprint density at radius 1 is 1.17 bits per heavy atom. The van der Waals surface area contributed by atoms with Crippen LogP contribution in [0.1, 0.15) is 30.0 Å². The Kier molecular flexibility index (Phi) is 4.82. The number of nitrogens with zero attached hydrogens (tertiary/aromatic N) is 1. The molecular formula is C19H22N2OS. The summed E-state index contributed by atoms with van der Waals surface area (Å²) in [6.45, 7) is 0. The van der Waals surface area contributed by atoms with E-state index in [-0.39, 0.29) is 0 Å². The average molecular weight is 326 g/mol. The summed E-state index contributed by atoms with van der Waals surface area (Å²) in [6, 6.07) is 16.9. The molecule has 2 aromatic carbocycles. The van der Waals surface area contributed by atoms with E-state index in [1.165, 1.54) is 24.0 Å². The molecule has 0 unspecified atom stereocenters. The molecule has 0 heterocycles. The molecule has 1 aliphatic rings. The zero-order chi connectivity index (χ0) is 16.2. The fraction of sp³-hybridized carbons (Fsp3) is 0.316. The van der Waals surface area contributed by atoms with Crippen LogP contribution in [-0.4, -0.2) is 24.2 Å². The Morgan fingerprint density at radius 3 is 2.65 bits per heavy atom. The van der Waals surface area contributed by atoms with Gasteiger partial charge < -0.3 is 15.0 Å². The highest BCUT2D eigenvalue weighted by molar-refractivity contribution is 7.80. The van der Waals surface area contributed by atoms with E-state index < -0.39 is 0 Å². The van der Waals surface area contributed by atoms with Gasteiger partial charge in [-0.1, -0.05) is 24.3 Å². The van der Waals surface area contributed by atoms with Crippen molar-refractivity contribution in [1.82, 2.24) is 4.90 Å². The Labute approximate surface area is 143 Å². The maximum absolute atomic E-state index is 5.61. The largest absolute Gasteiger partial charge is 0.497 e. The number of methoxy groups -OCH3 is 1. The molecule has 1 aliphatic carbocycles. The monoisotopic (exact) mass is 326 g/mol. The number of benzene rings is 2. The average Bonchev–Trinajstić information content (AvgIpc) is 2.61. The predicted molar refractivity (Wildman–Crippen MR) is 99.1 cm³/mol. The summed E-state index contributed by atoms with van der Waals surface area (Å²) < 4.78 is 5.18. The van der Waals surface area contributed by atoms with Gasteiger partial charge in [-0.2, -0.15) is 0 Å². The van der Waals surface area contributed by atoms with Gasteiger partial charge in [0.2, 0.25) is 0 Å². The lowest BCUT2D eigenvalue weighted by atomic mass is 9.87. The molecule has 23 heavy (non-hydrogen) atoms. The Balaban J connectivity index is 1.72. The van der Waals surface area contributed by atoms with Crippen LogP contribution >= 0.6 is 12.2 Å². The number of hydrogen-bond acceptors (Lipinski definition) is 2. The summed E-state index contributed by atoms with van der Waals surface area (Å²) in [5.41, 5.74) is 3.83. The van der Waals surface area contributed by atoms with Gasteiger partial charge in [0.15, 0.2) is 5.11 Å². The summed E-state index contributed by atoms with van der Waals surface area (Å²) >= 11 is 5.61. The molecule has 0 saturated carbocycles. The number of thiocarbonyl (C=S) groups is 1. The number of nitrogens with one attached hydrogen (secondary N) is 1. The molecule has 0 spiro atoms. The smallest absolute Gasteiger partial charge is 0.173 e. The van der Waals surface area contributed by atoms with Crippen LogP contribution in [0.2, 0.25) is 0 Å². The second kappa shape index (κ2) is 7.01. The van der Waals surface area contributed by atoms with Crippen LogP contribution in [0.5, 0.6) is 5.75 Å². The highest BCUT2D eigenvalue weighted by atomic mass is 32.1. The van der Waals surface area contributed by atoms with Crippen molar-refractivity contribution in [1.29, 1.82) is 0 Å². The highest BCUT2D eigenvalue weighted by Crippen LogP contribution is 2.33. The third-order valence-corrected chi connectivity index (χ3v) is 4.86. The van der Waals surface area contributed by atoms with Gasteiger partial charge in [-0.15, -0.1) is 0 Å². The highest BCUT2D eigenvalue weighted by Gasteiger charge is 2.24. The van der Waals surface area contributed by atoms with E-state index in [9.17, 15) is 0 Å². The molecule has 0 saturated heterocycles. The second-order valence-corrected chi connectivity index (χ2v) is 6.26. The zero-order valence-electron chi connectivity index (χ0n) is 13.6. The van der Waals surface area contributed by atoms with Crippen molar-refractivity contribution < 1.29 is 4.74 Å². The molecule has 0 amide bonds. The molecule has 120 valence electrons. The van der Waals surface area contributed by atoms with Crippen molar-refractivity contribution in [3.05, 3.63) is 59.7 Å². The van der Waals surface area contributed by atoms with Crippen LogP contribution in [-0.2, 0) is 6.42 Å². The van der Waals surface area contributed by atoms with E-state index in [0.717, 1.165) is 23.0 Å². The minimum Gasteiger partial charge on any atom is -0.497 e. The number of aryl methyl sites for hydroxylation is 1. The maximum atomic E-state index is 5.61. The van der Waals surface area contributed by atoms with Crippen LogP contribution in [0.4, 0.5) is 5.69 Å². The van der Waals surface area contributed by atoms with Gasteiger partial charge in [0.05, 0.1) is 13.2 Å². The minimum atomic E-state index is 0.346. The summed E-state index contributed by atoms with van der Waals surface area (Å²) in [5.74, 6) is 0.844. The van der Waals surface area contributed by atoms with E-state index in [0.29, 0.717) is 6.04 Å². The SMILES string of the molecule is COc1ccc(NC(=S)N(C)[C@H]2CCCc3ccccc32)cc1. The van der Waals surface area contributed by atoms with Gasteiger partial charge in [-0.3, -0.25) is 0 Å². The van der Waals surface area contributed by atoms with Crippen LogP contribution in [0.15, 0.2) is 48.5 Å². The van der Waals surface area contributed by atoms with Crippen molar-refractivity contribution in [2.45, 2.75) is 25.3 Å². The van der Waals surface area contributed by atoms with E-state index in [1.54, 1.807) is 7.11 Å². The van der Waals surface area contributed by atoms with Crippen LogP contribution in [0, 0.1) is 0 Å². The quantitative estimate of drug-likeness (QED) is 0.845. The van der Waals surface area contributed by atoms with E-state index in [2.05, 4.69) is 41.5 Å². The Bertz CT molecular complexity index is 684. The van der Waals surface area contributed by atoms with E-state index >= 15 is 0 Å². The van der Waals surface area contributed by atoms with Gasteiger partial charge in [0.25, 0.3) is 0 Å². The summed E-state index contributed by atoms with van der Waals surface area (Å²) in [4.78, 5) is 2.18. The number of rotatable bonds is 3. The molecule has 3 rings (SSSR count). The normalized spacial score (nSPS) is 16.3. The number of fused-ring (bicyclic) bond motifs is 1. The first-order chi connectivity index (χ1) is 11.2. The van der Waals surface area contributed by atoms with Gasteiger partial charge in [0, 0.05) is 12.7 Å². The molecule has 1 atom stereocenters. The van der Waals surface area contributed by atoms with Crippen molar-refractivity contribution in [2.75, 3.05) is 19.5 Å². The third kappa shape index (κ3) is 3.48. The second-order valence-electron chi connectivity index (χ2n) is 5.88. The minimum absolute atomic E-state index is 0.346. The fourth-order valence-electron chi connectivity index (χ4n) is 3.16. The molecule has 4 heteroatoms. The van der Waals surface area contributed by atoms with E-state index in [1.807, 2.05) is 24.3 Å². The van der Waals surface area contributed by atoms with Crippen LogP contribution in [0.3, 0.4) is 0 Å². The fourth-order valence-corrected chi connectivity index (χ4v) is 3.40. The van der Waals surface area contributed by atoms with Gasteiger partial charge >= 0.3 is 0 Å². The molecular weight excluding hydrogens is 304 g/mol. The zero-order valence-corrected chi connectivity index (χ0v) is 14.4. The van der Waals surface area contributed by atoms with Crippen LogP contribution in [0.25, 0.3) is 0 Å². The first kappa shape index (κ1) is 15.8. The number of anilines is 1. The third-order valence-electron chi connectivity index (χ3n) is 4.47. The number of hydrogen-bond donors (Lipinski definition) is 1. The lowest BCUT2D eigenvalue weighted by Gasteiger charge is -2.35. The van der Waals surface area contributed by atoms with Gasteiger partial charge in [0.1, 0.15) is 5.75 Å². The molecule has 0 bridgehead atoms. The number of ether oxygens (including phenoxy) is 1. The molecule has 2 aromatic rings. The molecule has 3 nitrogen and oxygen atoms in total. The Hall–Kier alpha value is -2.07. The molecule has 0 aromatic heterocycles. The molecule has 1 N–H and O–H groups in total. The maximum Gasteiger partial charge on any atom is 0.173 e. The first-order valence-electron chi connectivity index (χ1n) is 7.94. The summed E-state index contributed by atoms with van der Waals surface area (Å²) in [7, 11) is 3.74. The van der Waals surface area contributed by atoms with E-state index in [4.69, 9.17) is 17.0 Å². The van der Waals surface area contributed by atoms with Crippen molar-refractivity contribution in [3.8, 4) is 5.75 Å². The summed E-state index contributed by atoms with van der Waals surface area (Å²) in [5, 5.41) is 4.07. The lowest BCUT2D eigenvalue weighted by molar-refractivity contribution is 0.336. The predicted octanol–water partition coefficient (Wildman–Crippen LogP) is 4.40. The standard InChI is InChI=1S/C19H22N2OS/c1-21(18-9-5-7-14-6-3-4-8-17(14)18)19(23)20-15-10-12-16(22-2)13-11-15/h3-4,6,8,10-13,18H,5,7,9H2,1-2H3,(H,20,23)/t18-/m0/s1. The van der Waals surface area contributed by atoms with Gasteiger partial charge in [-0.25, -0.2) is 0 Å². The van der Waals surface area contributed by atoms with Crippen molar-refractivity contribution in [3.63, 3.8) is 0 Å². The van der Waals surface area contributed by atoms with Gasteiger partial charge in [-0.05, 0) is 66.9 Å². The topological polar surface area (TPSA) is 24.5 Å². The first-order valence-corrected chi connectivity index (χ1v) is 8.35. The van der Waals surface area contributed by atoms with Crippen molar-refractivity contribution >= 4 is 23.0 Å². The van der Waals surface area contributed by atoms with Crippen LogP contribution < -0.4 is 10.1 Å². The lowest BCUT2D eigenvalue weighted by Crippen LogP contribution is -2.36. The summed E-state index contributed by atoms with van der Waals surface area (Å²) in [6.07, 6.45) is 3.51. The Morgan fingerprint density at radius 2 is 1.91 bits per heavy atom.